The first-order valence-electron chi connectivity index (χ1n) is 8.19. The molecule has 3 heterocycles. The Morgan fingerprint density at radius 3 is 2.57 bits per heavy atom. The second-order valence-corrected chi connectivity index (χ2v) is 6.37. The molecule has 3 rings (SSSR count). The van der Waals surface area contributed by atoms with Crippen LogP contribution >= 0.6 is 0 Å². The van der Waals surface area contributed by atoms with Gasteiger partial charge in [0, 0.05) is 31.6 Å². The van der Waals surface area contributed by atoms with Gasteiger partial charge in [-0.25, -0.2) is 0 Å². The lowest BCUT2D eigenvalue weighted by atomic mass is 10.1. The number of carboxylic acid groups (broad SMARTS) is 2. The zero-order chi connectivity index (χ0) is 20.9. The first kappa shape index (κ1) is 21.6. The van der Waals surface area contributed by atoms with Gasteiger partial charge in [0.15, 0.2) is 5.69 Å². The third-order valence-corrected chi connectivity index (χ3v) is 4.27. The van der Waals surface area contributed by atoms with Gasteiger partial charge in [-0.05, 0) is 0 Å². The monoisotopic (exact) mass is 408 g/mol. The van der Waals surface area contributed by atoms with Crippen molar-refractivity contribution >= 4 is 18.3 Å². The minimum atomic E-state index is -4.61. The lowest BCUT2D eigenvalue weighted by molar-refractivity contribution is -0.141. The van der Waals surface area contributed by atoms with E-state index in [2.05, 4.69) is 5.10 Å². The van der Waals surface area contributed by atoms with Crippen molar-refractivity contribution < 1.29 is 42.5 Å². The van der Waals surface area contributed by atoms with Gasteiger partial charge in [-0.2, -0.15) is 18.3 Å². The molecule has 1 aromatic rings. The molecule has 2 aliphatic rings. The van der Waals surface area contributed by atoms with E-state index in [9.17, 15) is 22.8 Å². The summed E-state index contributed by atoms with van der Waals surface area (Å²) in [5.41, 5.74) is -1.40. The Kier molecular flexibility index (Phi) is 6.96. The Morgan fingerprint density at radius 2 is 2.00 bits per heavy atom. The first-order chi connectivity index (χ1) is 13.2. The van der Waals surface area contributed by atoms with Gasteiger partial charge in [0.25, 0.3) is 12.4 Å². The van der Waals surface area contributed by atoms with E-state index in [1.54, 1.807) is 4.90 Å². The summed E-state index contributed by atoms with van der Waals surface area (Å²) in [6.45, 7) is 1.18. The van der Waals surface area contributed by atoms with Gasteiger partial charge in [-0.1, -0.05) is 0 Å². The summed E-state index contributed by atoms with van der Waals surface area (Å²) in [5, 5.41) is 21.2. The fourth-order valence-electron chi connectivity index (χ4n) is 3.23. The van der Waals surface area contributed by atoms with Crippen molar-refractivity contribution in [1.82, 2.24) is 20.0 Å². The van der Waals surface area contributed by atoms with E-state index in [1.807, 2.05) is 5.10 Å². The van der Waals surface area contributed by atoms with Crippen molar-refractivity contribution in [2.45, 2.75) is 12.2 Å². The fraction of sp³-hybridized carbons (Fsp3) is 0.600. The number of aromatic amines is 1. The highest BCUT2D eigenvalue weighted by Crippen LogP contribution is 2.28. The first-order valence-corrected chi connectivity index (χ1v) is 8.19. The van der Waals surface area contributed by atoms with E-state index in [0.717, 1.165) is 0 Å². The van der Waals surface area contributed by atoms with Gasteiger partial charge in [-0.3, -0.25) is 24.4 Å². The summed E-state index contributed by atoms with van der Waals surface area (Å²) >= 11 is 0. The minimum Gasteiger partial charge on any atom is -0.483 e. The maximum Gasteiger partial charge on any atom is 0.432 e. The van der Waals surface area contributed by atoms with Crippen molar-refractivity contribution in [3.63, 3.8) is 0 Å². The highest BCUT2D eigenvalue weighted by Gasteiger charge is 2.39. The lowest BCUT2D eigenvalue weighted by Crippen LogP contribution is -2.47. The molecule has 156 valence electrons. The quantitative estimate of drug-likeness (QED) is 0.594. The topological polar surface area (TPSA) is 136 Å². The Hall–Kier alpha value is -2.67. The molecule has 13 heteroatoms. The summed E-state index contributed by atoms with van der Waals surface area (Å²) in [6.07, 6.45) is -4.61. The smallest absolute Gasteiger partial charge is 0.432 e. The van der Waals surface area contributed by atoms with Crippen molar-refractivity contribution in [2.24, 2.45) is 5.92 Å². The number of nitrogens with zero attached hydrogens (tertiary/aromatic N) is 3. The number of carbonyl (C=O) groups is 3. The maximum atomic E-state index is 12.7. The molecule has 2 aliphatic heterocycles. The number of alkyl halides is 3. The molecule has 28 heavy (non-hydrogen) atoms. The summed E-state index contributed by atoms with van der Waals surface area (Å²) in [5.74, 6) is -1.71. The zero-order valence-electron chi connectivity index (χ0n) is 14.6. The van der Waals surface area contributed by atoms with Gasteiger partial charge in [0.1, 0.15) is 5.69 Å². The number of halogens is 3. The molecule has 3 N–H and O–H groups in total. The lowest BCUT2D eigenvalue weighted by Gasteiger charge is -2.30. The molecule has 0 aromatic carbocycles. The zero-order valence-corrected chi connectivity index (χ0v) is 14.6. The predicted molar refractivity (Wildman–Crippen MR) is 85.5 cm³/mol. The van der Waals surface area contributed by atoms with Crippen LogP contribution in [0, 0.1) is 5.92 Å². The van der Waals surface area contributed by atoms with Gasteiger partial charge >= 0.3 is 12.1 Å². The highest BCUT2D eigenvalue weighted by molar-refractivity contribution is 5.92. The molecule has 1 aromatic heterocycles. The number of hydrogen-bond donors (Lipinski definition) is 3. The molecule has 0 spiro atoms. The van der Waals surface area contributed by atoms with Crippen molar-refractivity contribution in [2.75, 3.05) is 39.4 Å². The number of aromatic nitrogens is 2. The Labute approximate surface area is 156 Å². The van der Waals surface area contributed by atoms with E-state index in [-0.39, 0.29) is 44.3 Å². The third-order valence-electron chi connectivity index (χ3n) is 4.27. The van der Waals surface area contributed by atoms with Crippen LogP contribution in [0.5, 0.6) is 0 Å². The summed E-state index contributed by atoms with van der Waals surface area (Å²) < 4.78 is 43.6. The average molecular weight is 408 g/mol. The number of H-pyrrole nitrogens is 1. The summed E-state index contributed by atoms with van der Waals surface area (Å²) in [7, 11) is 0. The molecule has 1 amide bonds. The maximum absolute atomic E-state index is 12.7. The predicted octanol–water partition coefficient (Wildman–Crippen LogP) is -0.0133. The van der Waals surface area contributed by atoms with E-state index in [4.69, 9.17) is 19.7 Å². The molecule has 2 bridgehead atoms. The Morgan fingerprint density at radius 1 is 1.32 bits per heavy atom. The molecule has 0 unspecified atom stereocenters. The minimum absolute atomic E-state index is 0.114. The van der Waals surface area contributed by atoms with Crippen LogP contribution in [0.4, 0.5) is 13.2 Å². The number of rotatable bonds is 3. The van der Waals surface area contributed by atoms with Crippen molar-refractivity contribution in [1.29, 1.82) is 0 Å². The van der Waals surface area contributed by atoms with Gasteiger partial charge in [-0.15, -0.1) is 0 Å². The number of amides is 1. The fourth-order valence-corrected chi connectivity index (χ4v) is 3.23. The molecule has 0 radical (unpaired) electrons. The van der Waals surface area contributed by atoms with E-state index in [1.165, 1.54) is 4.90 Å². The largest absolute Gasteiger partial charge is 0.483 e. The molecule has 2 fully saturated rings. The molecule has 0 aliphatic carbocycles. The molecule has 0 saturated carbocycles. The van der Waals surface area contributed by atoms with Crippen LogP contribution in [0.2, 0.25) is 0 Å². The van der Waals surface area contributed by atoms with Crippen molar-refractivity contribution in [3.05, 3.63) is 17.5 Å². The second kappa shape index (κ2) is 9.01. The van der Waals surface area contributed by atoms with Gasteiger partial charge in [0.05, 0.1) is 25.8 Å². The molecular formula is C15H19F3N4O6. The number of aliphatic carboxylic acids is 1. The van der Waals surface area contributed by atoms with E-state index in [0.29, 0.717) is 19.2 Å². The summed E-state index contributed by atoms with van der Waals surface area (Å²) in [4.78, 5) is 35.1. The summed E-state index contributed by atoms with van der Waals surface area (Å²) in [6, 6.07) is 0.248. The molecule has 10 nitrogen and oxygen atoms in total. The van der Waals surface area contributed by atoms with Crippen LogP contribution in [0.3, 0.4) is 0 Å². The van der Waals surface area contributed by atoms with Gasteiger partial charge < -0.3 is 19.8 Å². The number of carboxylic acids is 1. The second-order valence-electron chi connectivity index (χ2n) is 6.37. The van der Waals surface area contributed by atoms with E-state index < -0.39 is 29.8 Å². The average Bonchev–Trinajstić information content (AvgIpc) is 2.91. The highest BCUT2D eigenvalue weighted by atomic mass is 19.4. The van der Waals surface area contributed by atoms with Gasteiger partial charge in [0.2, 0.25) is 0 Å². The third kappa shape index (κ3) is 5.42. The number of nitrogens with one attached hydrogen (secondary N) is 1. The molecule has 2 atom stereocenters. The van der Waals surface area contributed by atoms with Crippen molar-refractivity contribution in [3.8, 4) is 0 Å². The number of hydrogen-bond acceptors (Lipinski definition) is 6. The SMILES string of the molecule is O=C(O)CN1C[C@@H]2COC[C@H](C1)N(C(=O)c1cc(C(F)(F)F)[nH]n1)C2.O=CO. The molecular weight excluding hydrogens is 389 g/mol. The Bertz CT molecular complexity index is 710. The van der Waals surface area contributed by atoms with Crippen LogP contribution < -0.4 is 0 Å². The number of carbonyl (C=O) groups excluding carboxylic acids is 1. The van der Waals surface area contributed by atoms with Crippen LogP contribution in [0.1, 0.15) is 16.2 Å². The van der Waals surface area contributed by atoms with E-state index >= 15 is 0 Å². The van der Waals surface area contributed by atoms with Crippen LogP contribution in [-0.2, 0) is 20.5 Å². The van der Waals surface area contributed by atoms with Crippen LogP contribution in [0.25, 0.3) is 0 Å². The molecule has 2 saturated heterocycles. The Balaban J connectivity index is 0.000000878. The number of fused-ring (bicyclic) bond motifs is 3. The normalized spacial score (nSPS) is 22.6. The number of ether oxygens (including phenoxy) is 1. The standard InChI is InChI=1S/C14H17F3N4O4.CH2O2/c15-14(16,17)11-1-10(18-19-11)13(24)21-3-8-2-20(5-12(22)23)4-9(21)7-25-6-8;2-1-3/h1,8-9H,2-7H2,(H,18,19)(H,22,23);1H,(H,2,3)/t8-,9-;/m0./s1. The van der Waals surface area contributed by atoms with Crippen LogP contribution in [0.15, 0.2) is 6.07 Å². The van der Waals surface area contributed by atoms with Crippen LogP contribution in [-0.4, -0.2) is 94.0 Å².